The second-order valence-corrected chi connectivity index (χ2v) is 5.00. The number of nitrogens with zero attached hydrogens (tertiary/aromatic N) is 3. The van der Waals surface area contributed by atoms with E-state index in [1.54, 1.807) is 12.4 Å². The molecule has 0 aliphatic heterocycles. The SMILES string of the molecule is CCNc1cncc(N(CCO)C2CCCCC2)n1. The highest BCUT2D eigenvalue weighted by Gasteiger charge is 2.22. The molecule has 0 saturated heterocycles. The van der Waals surface area contributed by atoms with Crippen molar-refractivity contribution in [3.63, 3.8) is 0 Å². The van der Waals surface area contributed by atoms with Crippen molar-refractivity contribution in [3.8, 4) is 0 Å². The molecular weight excluding hydrogens is 240 g/mol. The highest BCUT2D eigenvalue weighted by Crippen LogP contribution is 2.26. The molecule has 106 valence electrons. The molecule has 0 aromatic carbocycles. The number of nitrogens with one attached hydrogen (secondary N) is 1. The molecule has 0 radical (unpaired) electrons. The largest absolute Gasteiger partial charge is 0.395 e. The summed E-state index contributed by atoms with van der Waals surface area (Å²) in [4.78, 5) is 11.1. The zero-order chi connectivity index (χ0) is 13.5. The quantitative estimate of drug-likeness (QED) is 0.823. The number of aliphatic hydroxyl groups is 1. The lowest BCUT2D eigenvalue weighted by Gasteiger charge is -2.34. The molecule has 1 aliphatic rings. The molecule has 1 heterocycles. The maximum Gasteiger partial charge on any atom is 0.149 e. The molecule has 0 atom stereocenters. The van der Waals surface area contributed by atoms with Crippen molar-refractivity contribution >= 4 is 11.6 Å². The van der Waals surface area contributed by atoms with Gasteiger partial charge in [-0.3, -0.25) is 4.98 Å². The standard InChI is InChI=1S/C14H24N4O/c1-2-16-13-10-15-11-14(17-13)18(8-9-19)12-6-4-3-5-7-12/h10-12,19H,2-9H2,1H3,(H,16,17). The monoisotopic (exact) mass is 264 g/mol. The molecule has 1 fully saturated rings. The number of anilines is 2. The fourth-order valence-electron chi connectivity index (χ4n) is 2.74. The first-order valence-corrected chi connectivity index (χ1v) is 7.28. The third-order valence-electron chi connectivity index (χ3n) is 3.63. The minimum absolute atomic E-state index is 0.156. The van der Waals surface area contributed by atoms with Gasteiger partial charge in [0.15, 0.2) is 0 Å². The Hall–Kier alpha value is -1.36. The Morgan fingerprint density at radius 3 is 2.79 bits per heavy atom. The fourth-order valence-corrected chi connectivity index (χ4v) is 2.74. The minimum atomic E-state index is 0.156. The van der Waals surface area contributed by atoms with Crippen molar-refractivity contribution in [3.05, 3.63) is 12.4 Å². The zero-order valence-electron chi connectivity index (χ0n) is 11.7. The van der Waals surface area contributed by atoms with Gasteiger partial charge in [0.05, 0.1) is 19.0 Å². The van der Waals surface area contributed by atoms with Gasteiger partial charge < -0.3 is 15.3 Å². The smallest absolute Gasteiger partial charge is 0.149 e. The summed E-state index contributed by atoms with van der Waals surface area (Å²) < 4.78 is 0. The van der Waals surface area contributed by atoms with E-state index in [-0.39, 0.29) is 6.61 Å². The maximum absolute atomic E-state index is 9.30. The van der Waals surface area contributed by atoms with Crippen LogP contribution in [0.3, 0.4) is 0 Å². The van der Waals surface area contributed by atoms with Crippen LogP contribution in [0.25, 0.3) is 0 Å². The van der Waals surface area contributed by atoms with Gasteiger partial charge in [-0.05, 0) is 19.8 Å². The van der Waals surface area contributed by atoms with Crippen molar-refractivity contribution in [2.75, 3.05) is 29.9 Å². The average molecular weight is 264 g/mol. The number of rotatable bonds is 6. The van der Waals surface area contributed by atoms with Crippen LogP contribution >= 0.6 is 0 Å². The fraction of sp³-hybridized carbons (Fsp3) is 0.714. The Morgan fingerprint density at radius 2 is 2.11 bits per heavy atom. The van der Waals surface area contributed by atoms with Gasteiger partial charge >= 0.3 is 0 Å². The van der Waals surface area contributed by atoms with E-state index in [1.807, 2.05) is 6.92 Å². The average Bonchev–Trinajstić information content (AvgIpc) is 2.46. The number of hydrogen-bond acceptors (Lipinski definition) is 5. The van der Waals surface area contributed by atoms with Crippen LogP contribution in [0.2, 0.25) is 0 Å². The van der Waals surface area contributed by atoms with Crippen molar-refractivity contribution in [2.24, 2.45) is 0 Å². The van der Waals surface area contributed by atoms with Gasteiger partial charge in [-0.25, -0.2) is 4.98 Å². The van der Waals surface area contributed by atoms with E-state index in [0.29, 0.717) is 12.6 Å². The molecule has 0 unspecified atom stereocenters. The van der Waals surface area contributed by atoms with Crippen molar-refractivity contribution in [2.45, 2.75) is 45.1 Å². The van der Waals surface area contributed by atoms with E-state index in [4.69, 9.17) is 0 Å². The lowest BCUT2D eigenvalue weighted by atomic mass is 9.94. The van der Waals surface area contributed by atoms with Gasteiger partial charge in [-0.1, -0.05) is 19.3 Å². The van der Waals surface area contributed by atoms with Crippen LogP contribution in [-0.4, -0.2) is 40.8 Å². The second-order valence-electron chi connectivity index (χ2n) is 5.00. The zero-order valence-corrected chi connectivity index (χ0v) is 11.7. The number of aromatic nitrogens is 2. The molecule has 5 heteroatoms. The van der Waals surface area contributed by atoms with E-state index >= 15 is 0 Å². The highest BCUT2D eigenvalue weighted by atomic mass is 16.3. The summed E-state index contributed by atoms with van der Waals surface area (Å²) in [6, 6.07) is 0.493. The second kappa shape index (κ2) is 7.28. The van der Waals surface area contributed by atoms with Gasteiger partial charge in [0.1, 0.15) is 11.6 Å². The third-order valence-corrected chi connectivity index (χ3v) is 3.63. The Morgan fingerprint density at radius 1 is 1.32 bits per heavy atom. The van der Waals surface area contributed by atoms with E-state index < -0.39 is 0 Å². The van der Waals surface area contributed by atoms with E-state index in [2.05, 4.69) is 20.2 Å². The summed E-state index contributed by atoms with van der Waals surface area (Å²) in [6.45, 7) is 3.67. The summed E-state index contributed by atoms with van der Waals surface area (Å²) in [7, 11) is 0. The molecule has 19 heavy (non-hydrogen) atoms. The summed E-state index contributed by atoms with van der Waals surface area (Å²) in [5, 5.41) is 12.5. The Labute approximate surface area is 115 Å². The van der Waals surface area contributed by atoms with Crippen LogP contribution in [0.4, 0.5) is 11.6 Å². The van der Waals surface area contributed by atoms with Crippen LogP contribution in [0, 0.1) is 0 Å². The molecule has 2 N–H and O–H groups in total. The van der Waals surface area contributed by atoms with Crippen LogP contribution < -0.4 is 10.2 Å². The Kier molecular flexibility index (Phi) is 5.39. The molecular formula is C14H24N4O. The molecule has 1 aromatic rings. The molecule has 2 rings (SSSR count). The van der Waals surface area contributed by atoms with Crippen LogP contribution in [-0.2, 0) is 0 Å². The van der Waals surface area contributed by atoms with E-state index in [9.17, 15) is 5.11 Å². The van der Waals surface area contributed by atoms with Crippen LogP contribution in [0.1, 0.15) is 39.0 Å². The number of aliphatic hydroxyl groups excluding tert-OH is 1. The van der Waals surface area contributed by atoms with E-state index in [1.165, 1.54) is 32.1 Å². The molecule has 0 bridgehead atoms. The third kappa shape index (κ3) is 3.80. The maximum atomic E-state index is 9.30. The normalized spacial score (nSPS) is 16.3. The predicted molar refractivity (Wildman–Crippen MR) is 77.5 cm³/mol. The Bertz CT molecular complexity index is 379. The first-order chi connectivity index (χ1) is 9.35. The first-order valence-electron chi connectivity index (χ1n) is 7.28. The van der Waals surface area contributed by atoms with Gasteiger partial charge in [-0.15, -0.1) is 0 Å². The first kappa shape index (κ1) is 14.1. The van der Waals surface area contributed by atoms with Crippen LogP contribution in [0.5, 0.6) is 0 Å². The molecule has 1 aliphatic carbocycles. The van der Waals surface area contributed by atoms with Gasteiger partial charge in [-0.2, -0.15) is 0 Å². The molecule has 0 amide bonds. The molecule has 1 aromatic heterocycles. The van der Waals surface area contributed by atoms with Gasteiger partial charge in [0.25, 0.3) is 0 Å². The molecule has 1 saturated carbocycles. The lowest BCUT2D eigenvalue weighted by molar-refractivity contribution is 0.289. The topological polar surface area (TPSA) is 61.3 Å². The van der Waals surface area contributed by atoms with E-state index in [0.717, 1.165) is 18.2 Å². The predicted octanol–water partition coefficient (Wildman–Crippen LogP) is 2.04. The molecule has 0 spiro atoms. The highest BCUT2D eigenvalue weighted by molar-refractivity contribution is 5.44. The summed E-state index contributed by atoms with van der Waals surface area (Å²) >= 11 is 0. The van der Waals surface area contributed by atoms with Crippen molar-refractivity contribution in [1.29, 1.82) is 0 Å². The molecule has 5 nitrogen and oxygen atoms in total. The number of hydrogen-bond donors (Lipinski definition) is 2. The van der Waals surface area contributed by atoms with Gasteiger partial charge in [0.2, 0.25) is 0 Å². The summed E-state index contributed by atoms with van der Waals surface area (Å²) in [6.07, 6.45) is 9.78. The summed E-state index contributed by atoms with van der Waals surface area (Å²) in [5.41, 5.74) is 0. The van der Waals surface area contributed by atoms with Gasteiger partial charge in [0, 0.05) is 19.1 Å². The van der Waals surface area contributed by atoms with Crippen molar-refractivity contribution < 1.29 is 5.11 Å². The Balaban J connectivity index is 2.14. The van der Waals surface area contributed by atoms with Crippen molar-refractivity contribution in [1.82, 2.24) is 9.97 Å². The summed E-state index contributed by atoms with van der Waals surface area (Å²) in [5.74, 6) is 1.68. The van der Waals surface area contributed by atoms with Crippen LogP contribution in [0.15, 0.2) is 12.4 Å². The minimum Gasteiger partial charge on any atom is -0.395 e. The lowest BCUT2D eigenvalue weighted by Crippen LogP contribution is -2.39.